The van der Waals surface area contributed by atoms with Gasteiger partial charge in [0.05, 0.1) is 6.54 Å². The van der Waals surface area contributed by atoms with Gasteiger partial charge in [-0.2, -0.15) is 0 Å². The number of hydrogen-bond acceptors (Lipinski definition) is 7. The Morgan fingerprint density at radius 3 is 1.60 bits per heavy atom. The number of benzene rings is 4. The topological polar surface area (TPSA) is 86.4 Å². The number of para-hydroxylation sites is 2. The Labute approximate surface area is 254 Å². The van der Waals surface area contributed by atoms with Gasteiger partial charge in [-0.1, -0.05) is 72.8 Å². The highest BCUT2D eigenvalue weighted by molar-refractivity contribution is 5.62. The summed E-state index contributed by atoms with van der Waals surface area (Å²) in [5.74, 6) is 3.34. The van der Waals surface area contributed by atoms with E-state index in [1.54, 1.807) is 0 Å². The lowest BCUT2D eigenvalue weighted by Gasteiger charge is -2.12. The standard InChI is InChI=1S/C30H26N4O2.C6H13N/c31-19-28-32-29(24-11-7-9-22(17-24)20-35-26-13-3-1-4-14-26)34-30(33-28)25-12-8-10-23(18-25)21-36-27-15-5-2-6-16-27;1-6-4-3-5-7(6)2/h1-18H,19-21,31H2;6H,3-5H2,1-2H3. The van der Waals surface area contributed by atoms with Gasteiger partial charge in [0.1, 0.15) is 30.5 Å². The molecule has 4 aromatic carbocycles. The first-order valence-electron chi connectivity index (χ1n) is 14.8. The minimum atomic E-state index is 0.218. The first kappa shape index (κ1) is 29.9. The Hall–Kier alpha value is -4.59. The quantitative estimate of drug-likeness (QED) is 0.205. The van der Waals surface area contributed by atoms with E-state index in [0.717, 1.165) is 39.8 Å². The summed E-state index contributed by atoms with van der Waals surface area (Å²) in [6.07, 6.45) is 2.80. The molecule has 1 fully saturated rings. The van der Waals surface area contributed by atoms with Gasteiger partial charge < -0.3 is 20.1 Å². The van der Waals surface area contributed by atoms with Gasteiger partial charge >= 0.3 is 0 Å². The molecule has 0 bridgehead atoms. The van der Waals surface area contributed by atoms with Crippen molar-refractivity contribution in [2.75, 3.05) is 13.6 Å². The second-order valence-corrected chi connectivity index (χ2v) is 10.7. The molecule has 0 aliphatic carbocycles. The van der Waals surface area contributed by atoms with Gasteiger partial charge in [-0.25, -0.2) is 15.0 Å². The van der Waals surface area contributed by atoms with Crippen LogP contribution < -0.4 is 15.2 Å². The summed E-state index contributed by atoms with van der Waals surface area (Å²) in [6.45, 7) is 4.70. The van der Waals surface area contributed by atoms with Crippen molar-refractivity contribution in [3.05, 3.63) is 126 Å². The molecule has 1 saturated heterocycles. The lowest BCUT2D eigenvalue weighted by atomic mass is 10.1. The molecule has 43 heavy (non-hydrogen) atoms. The SMILES string of the molecule is CC1CCCN1C.NCc1nc(-c2cccc(COc3ccccc3)c2)nc(-c2cccc(COc3ccccc3)c2)n1. The van der Waals surface area contributed by atoms with Crippen LogP contribution >= 0.6 is 0 Å². The summed E-state index contributed by atoms with van der Waals surface area (Å²) in [5.41, 5.74) is 9.74. The van der Waals surface area contributed by atoms with Crippen LogP contribution in [-0.4, -0.2) is 39.5 Å². The van der Waals surface area contributed by atoms with Crippen LogP contribution in [-0.2, 0) is 19.8 Å². The van der Waals surface area contributed by atoms with E-state index >= 15 is 0 Å². The van der Waals surface area contributed by atoms with E-state index in [1.165, 1.54) is 19.4 Å². The van der Waals surface area contributed by atoms with Crippen molar-refractivity contribution >= 4 is 0 Å². The largest absolute Gasteiger partial charge is 0.489 e. The number of likely N-dealkylation sites (tertiary alicyclic amines) is 1. The number of rotatable bonds is 9. The van der Waals surface area contributed by atoms with E-state index in [0.29, 0.717) is 30.7 Å². The molecule has 1 aromatic heterocycles. The van der Waals surface area contributed by atoms with Crippen LogP contribution in [0.4, 0.5) is 0 Å². The highest BCUT2D eigenvalue weighted by Gasteiger charge is 2.14. The molecule has 1 atom stereocenters. The lowest BCUT2D eigenvalue weighted by molar-refractivity contribution is 0.306. The minimum Gasteiger partial charge on any atom is -0.489 e. The molecule has 1 aliphatic heterocycles. The maximum Gasteiger partial charge on any atom is 0.163 e. The molecule has 6 rings (SSSR count). The molecule has 7 nitrogen and oxygen atoms in total. The van der Waals surface area contributed by atoms with Crippen LogP contribution in [0.3, 0.4) is 0 Å². The molecule has 0 saturated carbocycles. The third-order valence-electron chi connectivity index (χ3n) is 7.42. The highest BCUT2D eigenvalue weighted by atomic mass is 16.5. The van der Waals surface area contributed by atoms with Crippen molar-refractivity contribution in [1.82, 2.24) is 19.9 Å². The predicted molar refractivity (Wildman–Crippen MR) is 171 cm³/mol. The summed E-state index contributed by atoms with van der Waals surface area (Å²) in [4.78, 5) is 16.4. The van der Waals surface area contributed by atoms with Gasteiger partial charge in [0.25, 0.3) is 0 Å². The molecule has 2 heterocycles. The van der Waals surface area contributed by atoms with Crippen LogP contribution in [0.5, 0.6) is 11.5 Å². The van der Waals surface area contributed by atoms with Crippen LogP contribution in [0, 0.1) is 0 Å². The highest BCUT2D eigenvalue weighted by Crippen LogP contribution is 2.23. The number of nitrogens with zero attached hydrogens (tertiary/aromatic N) is 4. The fourth-order valence-corrected chi connectivity index (χ4v) is 4.81. The average molecular weight is 574 g/mol. The Balaban J connectivity index is 0.000000463. The maximum atomic E-state index is 5.93. The number of aromatic nitrogens is 3. The van der Waals surface area contributed by atoms with E-state index in [2.05, 4.69) is 28.8 Å². The summed E-state index contributed by atoms with van der Waals surface area (Å²) < 4.78 is 11.8. The third-order valence-corrected chi connectivity index (χ3v) is 7.42. The average Bonchev–Trinajstić information content (AvgIpc) is 3.45. The second-order valence-electron chi connectivity index (χ2n) is 10.7. The normalized spacial score (nSPS) is 14.5. The summed E-state index contributed by atoms with van der Waals surface area (Å²) >= 11 is 0. The van der Waals surface area contributed by atoms with Crippen LogP contribution in [0.2, 0.25) is 0 Å². The third kappa shape index (κ3) is 8.70. The zero-order valence-electron chi connectivity index (χ0n) is 24.9. The maximum absolute atomic E-state index is 5.93. The summed E-state index contributed by atoms with van der Waals surface area (Å²) in [5, 5.41) is 0. The van der Waals surface area contributed by atoms with Crippen molar-refractivity contribution in [2.24, 2.45) is 5.73 Å². The van der Waals surface area contributed by atoms with Crippen LogP contribution in [0.1, 0.15) is 36.7 Å². The van der Waals surface area contributed by atoms with Gasteiger partial charge in [-0.05, 0) is 80.9 Å². The molecule has 0 radical (unpaired) electrons. The van der Waals surface area contributed by atoms with Gasteiger partial charge in [-0.3, -0.25) is 0 Å². The van der Waals surface area contributed by atoms with E-state index in [1.807, 2.05) is 109 Å². The fraction of sp³-hybridized carbons (Fsp3) is 0.250. The first-order chi connectivity index (χ1) is 21.1. The molecule has 1 aliphatic rings. The van der Waals surface area contributed by atoms with Gasteiger partial charge in [-0.15, -0.1) is 0 Å². The molecular weight excluding hydrogens is 534 g/mol. The lowest BCUT2D eigenvalue weighted by Crippen LogP contribution is -2.20. The van der Waals surface area contributed by atoms with Crippen LogP contribution in [0.25, 0.3) is 22.8 Å². The van der Waals surface area contributed by atoms with Gasteiger partial charge in [0.2, 0.25) is 0 Å². The number of hydrogen-bond donors (Lipinski definition) is 1. The zero-order valence-corrected chi connectivity index (χ0v) is 24.9. The molecule has 1 unspecified atom stereocenters. The molecule has 220 valence electrons. The molecule has 5 aromatic rings. The smallest absolute Gasteiger partial charge is 0.163 e. The number of ether oxygens (including phenoxy) is 2. The predicted octanol–water partition coefficient (Wildman–Crippen LogP) is 6.92. The van der Waals surface area contributed by atoms with Crippen molar-refractivity contribution < 1.29 is 9.47 Å². The Morgan fingerprint density at radius 2 is 1.21 bits per heavy atom. The molecule has 0 spiro atoms. The van der Waals surface area contributed by atoms with Gasteiger partial charge in [0, 0.05) is 17.2 Å². The monoisotopic (exact) mass is 573 g/mol. The van der Waals surface area contributed by atoms with Crippen molar-refractivity contribution in [2.45, 2.75) is 45.6 Å². The van der Waals surface area contributed by atoms with E-state index in [4.69, 9.17) is 20.2 Å². The molecule has 2 N–H and O–H groups in total. The fourth-order valence-electron chi connectivity index (χ4n) is 4.81. The Bertz CT molecular complexity index is 1470. The number of nitrogens with two attached hydrogens (primary N) is 1. The van der Waals surface area contributed by atoms with E-state index < -0.39 is 0 Å². The minimum absolute atomic E-state index is 0.218. The molecular formula is C36H39N5O2. The second kappa shape index (κ2) is 15.0. The van der Waals surface area contributed by atoms with E-state index in [9.17, 15) is 0 Å². The van der Waals surface area contributed by atoms with E-state index in [-0.39, 0.29) is 6.54 Å². The van der Waals surface area contributed by atoms with Crippen molar-refractivity contribution in [3.63, 3.8) is 0 Å². The molecule has 7 heteroatoms. The van der Waals surface area contributed by atoms with Crippen LogP contribution in [0.15, 0.2) is 109 Å². The zero-order chi connectivity index (χ0) is 29.9. The summed E-state index contributed by atoms with van der Waals surface area (Å²) in [6, 6.07) is 36.4. The Morgan fingerprint density at radius 1 is 0.698 bits per heavy atom. The first-order valence-corrected chi connectivity index (χ1v) is 14.8. The molecule has 0 amide bonds. The van der Waals surface area contributed by atoms with Gasteiger partial charge in [0.15, 0.2) is 11.6 Å². The Kier molecular flexibility index (Phi) is 10.5. The summed E-state index contributed by atoms with van der Waals surface area (Å²) in [7, 11) is 2.19. The van der Waals surface area contributed by atoms with Crippen molar-refractivity contribution in [3.8, 4) is 34.3 Å². The van der Waals surface area contributed by atoms with Crippen molar-refractivity contribution in [1.29, 1.82) is 0 Å².